The molecule has 0 aliphatic rings. The molecule has 2 heterocycles. The first-order chi connectivity index (χ1) is 9.22. The van der Waals surface area contributed by atoms with Crippen molar-refractivity contribution in [1.82, 2.24) is 9.97 Å². The van der Waals surface area contributed by atoms with E-state index >= 15 is 0 Å². The molecule has 6 heteroatoms. The Morgan fingerprint density at radius 2 is 2.05 bits per heavy atom. The number of hydrogen-bond donors (Lipinski definition) is 0. The quantitative estimate of drug-likeness (QED) is 0.640. The summed E-state index contributed by atoms with van der Waals surface area (Å²) in [6.07, 6.45) is 3.32. The lowest BCUT2D eigenvalue weighted by Crippen LogP contribution is -2.06. The van der Waals surface area contributed by atoms with Crippen LogP contribution in [-0.2, 0) is 10.5 Å². The van der Waals surface area contributed by atoms with Crippen LogP contribution >= 0.6 is 23.4 Å². The summed E-state index contributed by atoms with van der Waals surface area (Å²) >= 11 is 7.45. The molecule has 0 radical (unpaired) electrons. The van der Waals surface area contributed by atoms with Crippen LogP contribution in [0, 0.1) is 0 Å². The number of hydrogen-bond acceptors (Lipinski definition) is 5. The summed E-state index contributed by atoms with van der Waals surface area (Å²) in [5.74, 6) is 0.109. The van der Waals surface area contributed by atoms with Crippen LogP contribution < -0.4 is 0 Å². The highest BCUT2D eigenvalue weighted by molar-refractivity contribution is 7.98. The molecular weight excluding hydrogens is 284 g/mol. The number of esters is 1. The zero-order valence-corrected chi connectivity index (χ0v) is 11.7. The molecule has 2 aromatic rings. The fourth-order valence-electron chi connectivity index (χ4n) is 1.46. The van der Waals surface area contributed by atoms with Crippen molar-refractivity contribution in [2.24, 2.45) is 0 Å². The van der Waals surface area contributed by atoms with Crippen molar-refractivity contribution in [3.63, 3.8) is 0 Å². The van der Waals surface area contributed by atoms with Crippen LogP contribution in [0.4, 0.5) is 0 Å². The maximum Gasteiger partial charge on any atom is 0.339 e. The van der Waals surface area contributed by atoms with E-state index in [4.69, 9.17) is 16.3 Å². The first-order valence-electron chi connectivity index (χ1n) is 5.48. The number of nitrogens with zero attached hydrogens (tertiary/aromatic N) is 2. The van der Waals surface area contributed by atoms with Crippen molar-refractivity contribution >= 4 is 29.3 Å². The van der Waals surface area contributed by atoms with Gasteiger partial charge in [0.25, 0.3) is 0 Å². The molecule has 0 N–H and O–H groups in total. The lowest BCUT2D eigenvalue weighted by atomic mass is 10.2. The van der Waals surface area contributed by atoms with E-state index in [1.165, 1.54) is 18.9 Å². The minimum Gasteiger partial charge on any atom is -0.465 e. The van der Waals surface area contributed by atoms with Gasteiger partial charge in [-0.05, 0) is 24.3 Å². The van der Waals surface area contributed by atoms with Gasteiger partial charge in [0, 0.05) is 18.1 Å². The van der Waals surface area contributed by atoms with Crippen LogP contribution in [0.2, 0.25) is 5.02 Å². The molecule has 98 valence electrons. The molecule has 0 spiro atoms. The number of thioether (sulfide) groups is 1. The first kappa shape index (κ1) is 13.8. The number of rotatable bonds is 4. The third kappa shape index (κ3) is 3.45. The van der Waals surface area contributed by atoms with E-state index < -0.39 is 5.97 Å². The van der Waals surface area contributed by atoms with E-state index in [0.717, 1.165) is 0 Å². The summed E-state index contributed by atoms with van der Waals surface area (Å²) in [4.78, 5) is 20.0. The molecule has 0 aliphatic carbocycles. The normalized spacial score (nSPS) is 10.2. The SMILES string of the molecule is COC(=O)c1cccnc1CSc1ncccc1Cl. The van der Waals surface area contributed by atoms with E-state index in [1.54, 1.807) is 36.7 Å². The number of ether oxygens (including phenoxy) is 1. The van der Waals surface area contributed by atoms with Crippen molar-refractivity contribution in [3.8, 4) is 0 Å². The fraction of sp³-hybridized carbons (Fsp3) is 0.154. The number of halogens is 1. The average molecular weight is 295 g/mol. The molecule has 0 amide bonds. The maximum atomic E-state index is 11.6. The minimum atomic E-state index is -0.393. The van der Waals surface area contributed by atoms with Gasteiger partial charge in [-0.3, -0.25) is 4.98 Å². The predicted octanol–water partition coefficient (Wildman–Crippen LogP) is 3.21. The molecular formula is C13H11ClN2O2S. The first-order valence-corrected chi connectivity index (χ1v) is 6.84. The van der Waals surface area contributed by atoms with Gasteiger partial charge in [-0.1, -0.05) is 23.4 Å². The molecule has 0 atom stereocenters. The Morgan fingerprint density at radius 3 is 2.79 bits per heavy atom. The topological polar surface area (TPSA) is 52.1 Å². The lowest BCUT2D eigenvalue weighted by Gasteiger charge is -2.06. The van der Waals surface area contributed by atoms with Crippen LogP contribution in [0.25, 0.3) is 0 Å². The highest BCUT2D eigenvalue weighted by atomic mass is 35.5. The van der Waals surface area contributed by atoms with Gasteiger partial charge >= 0.3 is 5.97 Å². The van der Waals surface area contributed by atoms with Crippen LogP contribution in [0.15, 0.2) is 41.7 Å². The Morgan fingerprint density at radius 1 is 1.32 bits per heavy atom. The maximum absolute atomic E-state index is 11.6. The van der Waals surface area contributed by atoms with E-state index in [2.05, 4.69) is 9.97 Å². The molecule has 2 rings (SSSR count). The molecule has 4 nitrogen and oxygen atoms in total. The van der Waals surface area contributed by atoms with Crippen molar-refractivity contribution in [3.05, 3.63) is 52.9 Å². The second kappa shape index (κ2) is 6.54. The number of carbonyl (C=O) groups is 1. The Bertz CT molecular complexity index is 592. The number of methoxy groups -OCH3 is 1. The third-order valence-corrected chi connectivity index (χ3v) is 3.80. The smallest absolute Gasteiger partial charge is 0.339 e. The van der Waals surface area contributed by atoms with Crippen LogP contribution in [0.1, 0.15) is 16.1 Å². The fourth-order valence-corrected chi connectivity index (χ4v) is 2.59. The van der Waals surface area contributed by atoms with Gasteiger partial charge in [-0.25, -0.2) is 9.78 Å². The lowest BCUT2D eigenvalue weighted by molar-refractivity contribution is 0.0599. The number of carbonyl (C=O) groups excluding carboxylic acids is 1. The second-order valence-corrected chi connectivity index (χ2v) is 4.94. The van der Waals surface area contributed by atoms with Crippen molar-refractivity contribution < 1.29 is 9.53 Å². The highest BCUT2D eigenvalue weighted by Gasteiger charge is 2.13. The molecule has 0 fully saturated rings. The molecule has 0 saturated heterocycles. The largest absolute Gasteiger partial charge is 0.465 e. The van der Waals surface area contributed by atoms with Crippen LogP contribution in [-0.4, -0.2) is 23.0 Å². The Kier molecular flexibility index (Phi) is 4.76. The Balaban J connectivity index is 2.16. The monoisotopic (exact) mass is 294 g/mol. The van der Waals surface area contributed by atoms with Gasteiger partial charge in [-0.15, -0.1) is 0 Å². The van der Waals surface area contributed by atoms with Crippen molar-refractivity contribution in [2.45, 2.75) is 10.8 Å². The average Bonchev–Trinajstić information content (AvgIpc) is 2.46. The van der Waals surface area contributed by atoms with E-state index in [9.17, 15) is 4.79 Å². The van der Waals surface area contributed by atoms with E-state index in [0.29, 0.717) is 27.1 Å². The molecule has 0 unspecified atom stereocenters. The second-order valence-electron chi connectivity index (χ2n) is 3.57. The minimum absolute atomic E-state index is 0.393. The van der Waals surface area contributed by atoms with Crippen LogP contribution in [0.5, 0.6) is 0 Å². The molecule has 0 saturated carbocycles. The molecule has 19 heavy (non-hydrogen) atoms. The zero-order valence-electron chi connectivity index (χ0n) is 10.2. The molecule has 0 aromatic carbocycles. The Hall–Kier alpha value is -1.59. The Labute approximate surface area is 120 Å². The zero-order chi connectivity index (χ0) is 13.7. The standard InChI is InChI=1S/C13H11ClN2O2S/c1-18-13(17)9-4-2-6-15-11(9)8-19-12-10(14)5-3-7-16-12/h2-7H,8H2,1H3. The van der Waals surface area contributed by atoms with Gasteiger partial charge in [0.2, 0.25) is 0 Å². The highest BCUT2D eigenvalue weighted by Crippen LogP contribution is 2.27. The molecule has 0 bridgehead atoms. The summed E-state index contributed by atoms with van der Waals surface area (Å²) in [5, 5.41) is 1.30. The van der Waals surface area contributed by atoms with Crippen molar-refractivity contribution in [2.75, 3.05) is 7.11 Å². The number of aromatic nitrogens is 2. The predicted molar refractivity (Wildman–Crippen MR) is 74.4 cm³/mol. The summed E-state index contributed by atoms with van der Waals surface area (Å²) < 4.78 is 4.72. The molecule has 2 aromatic heterocycles. The van der Waals surface area contributed by atoms with Gasteiger partial charge in [0.15, 0.2) is 0 Å². The van der Waals surface area contributed by atoms with Gasteiger partial charge in [-0.2, -0.15) is 0 Å². The summed E-state index contributed by atoms with van der Waals surface area (Å²) in [6, 6.07) is 6.94. The number of pyridine rings is 2. The van der Waals surface area contributed by atoms with E-state index in [-0.39, 0.29) is 0 Å². The summed E-state index contributed by atoms with van der Waals surface area (Å²) in [5.41, 5.74) is 1.12. The summed E-state index contributed by atoms with van der Waals surface area (Å²) in [7, 11) is 1.35. The third-order valence-electron chi connectivity index (χ3n) is 2.37. The van der Waals surface area contributed by atoms with Gasteiger partial charge in [0.05, 0.1) is 23.4 Å². The molecule has 0 aliphatic heterocycles. The van der Waals surface area contributed by atoms with Crippen LogP contribution in [0.3, 0.4) is 0 Å². The summed E-state index contributed by atoms with van der Waals surface area (Å²) in [6.45, 7) is 0. The van der Waals surface area contributed by atoms with Gasteiger partial charge in [0.1, 0.15) is 5.03 Å². The van der Waals surface area contributed by atoms with Gasteiger partial charge < -0.3 is 4.74 Å². The van der Waals surface area contributed by atoms with E-state index in [1.807, 2.05) is 0 Å². The van der Waals surface area contributed by atoms with Crippen molar-refractivity contribution in [1.29, 1.82) is 0 Å².